The van der Waals surface area contributed by atoms with Crippen LogP contribution in [-0.2, 0) is 6.42 Å². The summed E-state index contributed by atoms with van der Waals surface area (Å²) < 4.78 is 5.08. The average molecular weight is 281 g/mol. The third-order valence-electron chi connectivity index (χ3n) is 3.56. The van der Waals surface area contributed by atoms with Crippen LogP contribution in [0.1, 0.15) is 21.5 Å². The summed E-state index contributed by atoms with van der Waals surface area (Å²) in [6.07, 6.45) is 2.64. The van der Waals surface area contributed by atoms with Gasteiger partial charge < -0.3 is 14.8 Å². The Morgan fingerprint density at radius 2 is 2.05 bits per heavy atom. The van der Waals surface area contributed by atoms with E-state index in [2.05, 4.69) is 11.1 Å². The minimum atomic E-state index is -0.979. The first-order valence-electron chi connectivity index (χ1n) is 6.64. The third-order valence-corrected chi connectivity index (χ3v) is 3.56. The summed E-state index contributed by atoms with van der Waals surface area (Å²) in [7, 11) is 1.47. The highest BCUT2D eigenvalue weighted by molar-refractivity contribution is 5.91. The first-order chi connectivity index (χ1) is 10.2. The summed E-state index contributed by atoms with van der Waals surface area (Å²) in [5.41, 5.74) is 3.36. The van der Waals surface area contributed by atoms with Crippen LogP contribution in [0, 0.1) is 0 Å². The monoisotopic (exact) mass is 281 g/mol. The Balaban J connectivity index is 1.98. The van der Waals surface area contributed by atoms with Crippen molar-refractivity contribution in [3.05, 3.63) is 65.4 Å². The highest BCUT2D eigenvalue weighted by atomic mass is 16.5. The van der Waals surface area contributed by atoms with Crippen molar-refractivity contribution in [3.8, 4) is 5.75 Å². The predicted molar refractivity (Wildman–Crippen MR) is 81.1 cm³/mol. The van der Waals surface area contributed by atoms with Gasteiger partial charge in [0.25, 0.3) is 0 Å². The fourth-order valence-electron chi connectivity index (χ4n) is 2.53. The predicted octanol–water partition coefficient (Wildman–Crippen LogP) is 3.47. The summed E-state index contributed by atoms with van der Waals surface area (Å²) in [6, 6.07) is 13.3. The molecule has 0 amide bonds. The van der Waals surface area contributed by atoms with Gasteiger partial charge in [0.05, 0.1) is 7.11 Å². The quantitative estimate of drug-likeness (QED) is 0.769. The molecule has 3 aromatic rings. The number of methoxy groups -OCH3 is 1. The van der Waals surface area contributed by atoms with E-state index in [1.807, 2.05) is 30.5 Å². The molecule has 4 heteroatoms. The number of aromatic carboxylic acids is 1. The summed E-state index contributed by atoms with van der Waals surface area (Å²) in [4.78, 5) is 14.5. The van der Waals surface area contributed by atoms with Gasteiger partial charge in [0, 0.05) is 17.1 Å². The lowest BCUT2D eigenvalue weighted by atomic mass is 10.0. The zero-order valence-corrected chi connectivity index (χ0v) is 11.6. The van der Waals surface area contributed by atoms with E-state index < -0.39 is 5.97 Å². The number of hydrogen-bond donors (Lipinski definition) is 2. The van der Waals surface area contributed by atoms with Crippen LogP contribution in [0.4, 0.5) is 0 Å². The van der Waals surface area contributed by atoms with Crippen molar-refractivity contribution in [1.29, 1.82) is 0 Å². The number of carboxylic acid groups (broad SMARTS) is 1. The molecule has 0 bridgehead atoms. The van der Waals surface area contributed by atoms with E-state index >= 15 is 0 Å². The highest BCUT2D eigenvalue weighted by Crippen LogP contribution is 2.24. The molecular weight excluding hydrogens is 266 g/mol. The van der Waals surface area contributed by atoms with Crippen molar-refractivity contribution in [2.75, 3.05) is 7.11 Å². The number of para-hydroxylation sites is 1. The number of hydrogen-bond acceptors (Lipinski definition) is 2. The molecular formula is C17H15NO3. The summed E-state index contributed by atoms with van der Waals surface area (Å²) in [5.74, 6) is -0.599. The number of ether oxygens (including phenoxy) is 1. The van der Waals surface area contributed by atoms with Crippen LogP contribution < -0.4 is 4.74 Å². The number of H-pyrrole nitrogens is 1. The lowest BCUT2D eigenvalue weighted by Gasteiger charge is -2.07. The van der Waals surface area contributed by atoms with E-state index in [1.54, 1.807) is 12.1 Å². The van der Waals surface area contributed by atoms with Crippen LogP contribution in [0.25, 0.3) is 10.9 Å². The van der Waals surface area contributed by atoms with Gasteiger partial charge in [0.2, 0.25) is 0 Å². The Labute approximate surface area is 122 Å². The van der Waals surface area contributed by atoms with Crippen molar-refractivity contribution in [1.82, 2.24) is 4.98 Å². The van der Waals surface area contributed by atoms with Gasteiger partial charge in [-0.25, -0.2) is 4.79 Å². The van der Waals surface area contributed by atoms with E-state index in [4.69, 9.17) is 4.74 Å². The first-order valence-corrected chi connectivity index (χ1v) is 6.64. The Hall–Kier alpha value is -2.75. The summed E-state index contributed by atoms with van der Waals surface area (Å²) in [5, 5.41) is 10.4. The van der Waals surface area contributed by atoms with E-state index in [-0.39, 0.29) is 5.56 Å². The third kappa shape index (κ3) is 2.48. The van der Waals surface area contributed by atoms with Crippen molar-refractivity contribution >= 4 is 16.9 Å². The second kappa shape index (κ2) is 5.32. The van der Waals surface area contributed by atoms with E-state index in [1.165, 1.54) is 7.11 Å². The Bertz CT molecular complexity index is 805. The minimum Gasteiger partial charge on any atom is -0.496 e. The number of fused-ring (bicyclic) bond motifs is 1. The molecule has 0 aliphatic heterocycles. The van der Waals surface area contributed by atoms with E-state index in [0.717, 1.165) is 22.0 Å². The number of aromatic amines is 1. The molecule has 0 aliphatic carbocycles. The van der Waals surface area contributed by atoms with Gasteiger partial charge in [0.15, 0.2) is 0 Å². The smallest absolute Gasteiger partial charge is 0.339 e. The largest absolute Gasteiger partial charge is 0.496 e. The molecule has 0 saturated heterocycles. The summed E-state index contributed by atoms with van der Waals surface area (Å²) >= 11 is 0. The molecule has 4 nitrogen and oxygen atoms in total. The zero-order valence-electron chi connectivity index (χ0n) is 11.6. The maximum atomic E-state index is 11.3. The fourth-order valence-corrected chi connectivity index (χ4v) is 2.53. The molecule has 2 aromatic carbocycles. The topological polar surface area (TPSA) is 62.3 Å². The second-order valence-electron chi connectivity index (χ2n) is 4.88. The van der Waals surface area contributed by atoms with Crippen LogP contribution in [0.15, 0.2) is 48.7 Å². The molecule has 0 aliphatic rings. The molecule has 0 fully saturated rings. The molecule has 106 valence electrons. The van der Waals surface area contributed by atoms with Gasteiger partial charge in [-0.1, -0.05) is 24.3 Å². The Morgan fingerprint density at radius 3 is 2.81 bits per heavy atom. The van der Waals surface area contributed by atoms with E-state index in [0.29, 0.717) is 12.2 Å². The lowest BCUT2D eigenvalue weighted by Crippen LogP contribution is -2.02. The van der Waals surface area contributed by atoms with Crippen LogP contribution in [-0.4, -0.2) is 23.2 Å². The molecule has 0 radical (unpaired) electrons. The van der Waals surface area contributed by atoms with Gasteiger partial charge in [-0.2, -0.15) is 0 Å². The number of rotatable bonds is 4. The number of carboxylic acids is 1. The molecule has 2 N–H and O–H groups in total. The number of benzene rings is 2. The molecule has 1 aromatic heterocycles. The van der Waals surface area contributed by atoms with Crippen molar-refractivity contribution in [3.63, 3.8) is 0 Å². The average Bonchev–Trinajstić information content (AvgIpc) is 2.90. The molecule has 0 saturated carbocycles. The number of carbonyl (C=O) groups is 1. The first kappa shape index (κ1) is 13.2. The SMILES string of the molecule is COc1ccc(Cc2c[nH]c3ccccc23)cc1C(=O)O. The standard InChI is InChI=1S/C17H15NO3/c1-21-16-7-6-11(9-14(16)17(19)20)8-12-10-18-15-5-3-2-4-13(12)15/h2-7,9-10,18H,8H2,1H3,(H,19,20). The molecule has 0 spiro atoms. The van der Waals surface area contributed by atoms with Gasteiger partial charge >= 0.3 is 5.97 Å². The van der Waals surface area contributed by atoms with E-state index in [9.17, 15) is 9.90 Å². The molecule has 3 rings (SSSR count). The van der Waals surface area contributed by atoms with Crippen molar-refractivity contribution in [2.45, 2.75) is 6.42 Å². The second-order valence-corrected chi connectivity index (χ2v) is 4.88. The van der Waals surface area contributed by atoms with Gasteiger partial charge in [-0.15, -0.1) is 0 Å². The number of aromatic nitrogens is 1. The maximum Gasteiger partial charge on any atom is 0.339 e. The minimum absolute atomic E-state index is 0.190. The lowest BCUT2D eigenvalue weighted by molar-refractivity contribution is 0.0693. The van der Waals surface area contributed by atoms with Crippen LogP contribution in [0.5, 0.6) is 5.75 Å². The zero-order chi connectivity index (χ0) is 14.8. The van der Waals surface area contributed by atoms with Gasteiger partial charge in [-0.05, 0) is 35.7 Å². The van der Waals surface area contributed by atoms with Gasteiger partial charge in [-0.3, -0.25) is 0 Å². The van der Waals surface area contributed by atoms with Gasteiger partial charge in [0.1, 0.15) is 11.3 Å². The maximum absolute atomic E-state index is 11.3. The highest BCUT2D eigenvalue weighted by Gasteiger charge is 2.12. The fraction of sp³-hybridized carbons (Fsp3) is 0.118. The molecule has 21 heavy (non-hydrogen) atoms. The van der Waals surface area contributed by atoms with Crippen molar-refractivity contribution < 1.29 is 14.6 Å². The van der Waals surface area contributed by atoms with Crippen LogP contribution in [0.2, 0.25) is 0 Å². The van der Waals surface area contributed by atoms with Crippen LogP contribution in [0.3, 0.4) is 0 Å². The Morgan fingerprint density at radius 1 is 1.24 bits per heavy atom. The molecule has 1 heterocycles. The molecule has 0 unspecified atom stereocenters. The van der Waals surface area contributed by atoms with Crippen molar-refractivity contribution in [2.24, 2.45) is 0 Å². The Kier molecular flexibility index (Phi) is 3.36. The normalized spacial score (nSPS) is 10.7. The number of nitrogens with one attached hydrogen (secondary N) is 1. The van der Waals surface area contributed by atoms with Crippen LogP contribution >= 0.6 is 0 Å². The summed E-state index contributed by atoms with van der Waals surface area (Å²) in [6.45, 7) is 0. The molecule has 0 atom stereocenters.